The molecule has 0 spiro atoms. The minimum atomic E-state index is -0.945. The van der Waals surface area contributed by atoms with E-state index in [4.69, 9.17) is 9.72 Å². The number of rotatable bonds is 10. The Morgan fingerprint density at radius 1 is 0.824 bits per heavy atom. The Morgan fingerprint density at radius 2 is 1.47 bits per heavy atom. The summed E-state index contributed by atoms with van der Waals surface area (Å²) in [6.07, 6.45) is 6.14. The molecule has 0 aliphatic heterocycles. The Kier molecular flexibility index (Phi) is 7.58. The zero-order chi connectivity index (χ0) is 23.9. The zero-order valence-electron chi connectivity index (χ0n) is 19.9. The van der Waals surface area contributed by atoms with E-state index in [0.717, 1.165) is 41.0 Å². The second-order valence-electron chi connectivity index (χ2n) is 8.75. The van der Waals surface area contributed by atoms with Gasteiger partial charge in [-0.15, -0.1) is 0 Å². The Morgan fingerprint density at radius 3 is 2.15 bits per heavy atom. The van der Waals surface area contributed by atoms with E-state index in [2.05, 4.69) is 19.1 Å². The molecule has 4 nitrogen and oxygen atoms in total. The van der Waals surface area contributed by atoms with Crippen LogP contribution in [0.25, 0.3) is 33.3 Å². The first kappa shape index (κ1) is 23.5. The molecule has 1 aromatic heterocycles. The Labute approximate surface area is 201 Å². The van der Waals surface area contributed by atoms with Crippen molar-refractivity contribution in [2.24, 2.45) is 0 Å². The van der Waals surface area contributed by atoms with Crippen LogP contribution in [-0.2, 0) is 0 Å². The first-order valence-corrected chi connectivity index (χ1v) is 12.0. The van der Waals surface area contributed by atoms with Crippen LogP contribution in [-0.4, -0.2) is 22.7 Å². The van der Waals surface area contributed by atoms with Gasteiger partial charge in [-0.3, -0.25) is 0 Å². The van der Waals surface area contributed by atoms with Crippen molar-refractivity contribution < 1.29 is 14.6 Å². The van der Waals surface area contributed by atoms with Crippen molar-refractivity contribution in [3.8, 4) is 28.1 Å². The maximum absolute atomic E-state index is 11.9. The summed E-state index contributed by atoms with van der Waals surface area (Å²) in [5.74, 6) is -0.0493. The number of aromatic nitrogens is 1. The quantitative estimate of drug-likeness (QED) is 0.248. The van der Waals surface area contributed by atoms with Gasteiger partial charge in [0.1, 0.15) is 5.75 Å². The lowest BCUT2D eigenvalue weighted by Crippen LogP contribution is -2.00. The summed E-state index contributed by atoms with van der Waals surface area (Å²) in [6, 6.07) is 23.6. The Bertz CT molecular complexity index is 1260. The van der Waals surface area contributed by atoms with E-state index >= 15 is 0 Å². The normalized spacial score (nSPS) is 11.0. The van der Waals surface area contributed by atoms with Gasteiger partial charge >= 0.3 is 5.97 Å². The summed E-state index contributed by atoms with van der Waals surface area (Å²) in [4.78, 5) is 16.6. The monoisotopic (exact) mass is 453 g/mol. The summed E-state index contributed by atoms with van der Waals surface area (Å²) < 4.78 is 5.87. The van der Waals surface area contributed by atoms with Crippen LogP contribution in [0.4, 0.5) is 0 Å². The van der Waals surface area contributed by atoms with Crippen molar-refractivity contribution in [2.45, 2.75) is 46.0 Å². The van der Waals surface area contributed by atoms with Crippen LogP contribution in [0, 0.1) is 6.92 Å². The van der Waals surface area contributed by atoms with Crippen molar-refractivity contribution in [1.82, 2.24) is 4.98 Å². The molecule has 4 rings (SSSR count). The molecule has 0 aliphatic rings. The molecule has 1 heterocycles. The molecular weight excluding hydrogens is 422 g/mol. The molecule has 0 fully saturated rings. The number of nitrogens with zero attached hydrogens (tertiary/aromatic N) is 1. The third-order valence-electron chi connectivity index (χ3n) is 6.08. The number of carboxylic acids is 1. The van der Waals surface area contributed by atoms with Crippen LogP contribution in [0.3, 0.4) is 0 Å². The second kappa shape index (κ2) is 11.0. The number of carboxylic acid groups (broad SMARTS) is 1. The fourth-order valence-corrected chi connectivity index (χ4v) is 4.14. The highest BCUT2D eigenvalue weighted by Gasteiger charge is 2.13. The van der Waals surface area contributed by atoms with Crippen molar-refractivity contribution in [1.29, 1.82) is 0 Å². The highest BCUT2D eigenvalue weighted by atomic mass is 16.5. The summed E-state index contributed by atoms with van der Waals surface area (Å²) in [7, 11) is 0. The molecule has 0 aliphatic carbocycles. The van der Waals surface area contributed by atoms with Crippen molar-refractivity contribution in [3.05, 3.63) is 83.9 Å². The topological polar surface area (TPSA) is 59.4 Å². The first-order valence-electron chi connectivity index (χ1n) is 12.0. The molecule has 0 saturated heterocycles. The fourth-order valence-electron chi connectivity index (χ4n) is 4.14. The van der Waals surface area contributed by atoms with E-state index in [1.165, 1.54) is 25.7 Å². The van der Waals surface area contributed by atoms with E-state index < -0.39 is 5.97 Å². The molecule has 174 valence electrons. The SMILES string of the molecule is CCCCCCCOc1ccc(-c2ccc(-c3cc(C(=O)O)c4cc(C)ccc4n3)cc2)cc1. The predicted molar refractivity (Wildman–Crippen MR) is 139 cm³/mol. The fraction of sp³-hybridized carbons (Fsp3) is 0.267. The van der Waals surface area contributed by atoms with Gasteiger partial charge in [0, 0.05) is 10.9 Å². The van der Waals surface area contributed by atoms with Crippen LogP contribution >= 0.6 is 0 Å². The number of aryl methyl sites for hydroxylation is 1. The molecule has 3 aromatic carbocycles. The van der Waals surface area contributed by atoms with Gasteiger partial charge in [0.15, 0.2) is 0 Å². The molecule has 0 atom stereocenters. The number of hydrogen-bond donors (Lipinski definition) is 1. The van der Waals surface area contributed by atoms with Crippen LogP contribution < -0.4 is 4.74 Å². The average Bonchev–Trinajstić information content (AvgIpc) is 2.86. The lowest BCUT2D eigenvalue weighted by atomic mass is 10.00. The molecule has 0 saturated carbocycles. The van der Waals surface area contributed by atoms with Gasteiger partial charge in [-0.05, 0) is 54.8 Å². The highest BCUT2D eigenvalue weighted by molar-refractivity contribution is 6.04. The number of unbranched alkanes of at least 4 members (excludes halogenated alkanes) is 4. The van der Waals surface area contributed by atoms with Gasteiger partial charge < -0.3 is 9.84 Å². The van der Waals surface area contributed by atoms with E-state index in [-0.39, 0.29) is 5.56 Å². The number of fused-ring (bicyclic) bond motifs is 1. The van der Waals surface area contributed by atoms with Gasteiger partial charge in [-0.25, -0.2) is 9.78 Å². The smallest absolute Gasteiger partial charge is 0.336 e. The number of benzene rings is 3. The summed E-state index contributed by atoms with van der Waals surface area (Å²) in [5.41, 5.74) is 5.70. The molecule has 0 radical (unpaired) electrons. The van der Waals surface area contributed by atoms with Crippen LogP contribution in [0.2, 0.25) is 0 Å². The van der Waals surface area contributed by atoms with E-state index in [0.29, 0.717) is 16.6 Å². The van der Waals surface area contributed by atoms with Crippen LogP contribution in [0.1, 0.15) is 54.9 Å². The van der Waals surface area contributed by atoms with Crippen molar-refractivity contribution in [3.63, 3.8) is 0 Å². The number of pyridine rings is 1. The standard InChI is InChI=1S/C30H31NO3/c1-3-4-5-6-7-18-34-25-15-13-23(14-16-25)22-9-11-24(12-10-22)29-20-27(30(32)33)26-19-21(2)8-17-28(26)31-29/h8-17,19-20H,3-7,18H2,1-2H3,(H,32,33). The van der Waals surface area contributed by atoms with E-state index in [1.807, 2.05) is 61.5 Å². The lowest BCUT2D eigenvalue weighted by molar-refractivity contribution is 0.0699. The Hall–Kier alpha value is -3.66. The minimum Gasteiger partial charge on any atom is -0.494 e. The van der Waals surface area contributed by atoms with Gasteiger partial charge in [0.2, 0.25) is 0 Å². The van der Waals surface area contributed by atoms with Gasteiger partial charge in [-0.2, -0.15) is 0 Å². The van der Waals surface area contributed by atoms with Gasteiger partial charge in [0.25, 0.3) is 0 Å². The maximum atomic E-state index is 11.9. The summed E-state index contributed by atoms with van der Waals surface area (Å²) >= 11 is 0. The molecule has 34 heavy (non-hydrogen) atoms. The molecular formula is C30H31NO3. The van der Waals surface area contributed by atoms with Crippen LogP contribution in [0.5, 0.6) is 5.75 Å². The second-order valence-corrected chi connectivity index (χ2v) is 8.75. The number of carbonyl (C=O) groups is 1. The highest BCUT2D eigenvalue weighted by Crippen LogP contribution is 2.29. The van der Waals surface area contributed by atoms with Crippen molar-refractivity contribution >= 4 is 16.9 Å². The third-order valence-corrected chi connectivity index (χ3v) is 6.08. The average molecular weight is 454 g/mol. The lowest BCUT2D eigenvalue weighted by Gasteiger charge is -2.10. The Balaban J connectivity index is 1.48. The molecule has 0 bridgehead atoms. The van der Waals surface area contributed by atoms with E-state index in [1.54, 1.807) is 6.07 Å². The van der Waals surface area contributed by atoms with Gasteiger partial charge in [-0.1, -0.05) is 80.6 Å². The molecule has 4 heteroatoms. The largest absolute Gasteiger partial charge is 0.494 e. The molecule has 1 N–H and O–H groups in total. The molecule has 4 aromatic rings. The van der Waals surface area contributed by atoms with Crippen molar-refractivity contribution in [2.75, 3.05) is 6.61 Å². The summed E-state index contributed by atoms with van der Waals surface area (Å²) in [6.45, 7) is 4.93. The number of ether oxygens (including phenoxy) is 1. The number of hydrogen-bond acceptors (Lipinski definition) is 3. The zero-order valence-corrected chi connectivity index (χ0v) is 19.9. The minimum absolute atomic E-state index is 0.272. The number of aromatic carboxylic acids is 1. The van der Waals surface area contributed by atoms with Gasteiger partial charge in [0.05, 0.1) is 23.4 Å². The predicted octanol–water partition coefficient (Wildman–Crippen LogP) is 7.92. The molecule has 0 unspecified atom stereocenters. The maximum Gasteiger partial charge on any atom is 0.336 e. The molecule has 0 amide bonds. The first-order chi connectivity index (χ1) is 16.5. The van der Waals surface area contributed by atoms with E-state index in [9.17, 15) is 9.90 Å². The van der Waals surface area contributed by atoms with Crippen LogP contribution in [0.15, 0.2) is 72.8 Å². The third kappa shape index (κ3) is 5.63. The summed E-state index contributed by atoms with van der Waals surface area (Å²) in [5, 5.41) is 10.4.